The first-order valence-electron chi connectivity index (χ1n) is 5.45. The lowest BCUT2D eigenvalue weighted by Gasteiger charge is -2.20. The summed E-state index contributed by atoms with van der Waals surface area (Å²) < 4.78 is 0. The Morgan fingerprint density at radius 2 is 2.41 bits per heavy atom. The summed E-state index contributed by atoms with van der Waals surface area (Å²) in [6.07, 6.45) is 6.21. The van der Waals surface area contributed by atoms with Crippen LogP contribution in [0.3, 0.4) is 0 Å². The third-order valence-electron chi connectivity index (χ3n) is 2.49. The topological polar surface area (TPSA) is 36.1 Å². The first-order valence-corrected chi connectivity index (χ1v) is 7.27. The Bertz CT molecular complexity index is 474. The monoisotopic (exact) mass is 263 g/mol. The molecule has 88 valence electrons. The molecule has 0 saturated heterocycles. The second-order valence-electron chi connectivity index (χ2n) is 3.70. The largest absolute Gasteiger partial charge is 0.368 e. The van der Waals surface area contributed by atoms with Gasteiger partial charge in [-0.1, -0.05) is 30.0 Å². The van der Waals surface area contributed by atoms with Crippen molar-refractivity contribution in [1.82, 2.24) is 16.0 Å². The molecule has 1 aromatic rings. The zero-order valence-electron chi connectivity index (χ0n) is 9.14. The first-order chi connectivity index (χ1) is 8.42. The van der Waals surface area contributed by atoms with E-state index in [4.69, 9.17) is 0 Å². The van der Waals surface area contributed by atoms with Crippen molar-refractivity contribution in [2.45, 2.75) is 5.50 Å². The van der Waals surface area contributed by atoms with Crippen molar-refractivity contribution in [3.05, 3.63) is 51.8 Å². The van der Waals surface area contributed by atoms with E-state index in [-0.39, 0.29) is 5.50 Å². The van der Waals surface area contributed by atoms with E-state index in [0.29, 0.717) is 0 Å². The zero-order chi connectivity index (χ0) is 11.5. The Hall–Kier alpha value is -1.33. The SMILES string of the molecule is C1=CCNC(NC2NC(c3cccs3)=CS2)=C1. The van der Waals surface area contributed by atoms with E-state index in [0.717, 1.165) is 12.4 Å². The van der Waals surface area contributed by atoms with Crippen LogP contribution in [0.2, 0.25) is 0 Å². The van der Waals surface area contributed by atoms with E-state index >= 15 is 0 Å². The average Bonchev–Trinajstić information content (AvgIpc) is 3.00. The second-order valence-corrected chi connectivity index (χ2v) is 5.63. The molecule has 3 N–H and O–H groups in total. The van der Waals surface area contributed by atoms with Crippen LogP contribution in [0.25, 0.3) is 5.70 Å². The van der Waals surface area contributed by atoms with Crippen LogP contribution < -0.4 is 16.0 Å². The van der Waals surface area contributed by atoms with Crippen LogP contribution in [0, 0.1) is 0 Å². The van der Waals surface area contributed by atoms with Gasteiger partial charge in [0.25, 0.3) is 0 Å². The molecule has 0 fully saturated rings. The van der Waals surface area contributed by atoms with E-state index in [2.05, 4.69) is 57.1 Å². The Labute approximate surface area is 109 Å². The Morgan fingerprint density at radius 3 is 3.18 bits per heavy atom. The van der Waals surface area contributed by atoms with Gasteiger partial charge in [0.15, 0.2) is 5.50 Å². The summed E-state index contributed by atoms with van der Waals surface area (Å²) in [6, 6.07) is 4.21. The number of thiophene rings is 1. The van der Waals surface area contributed by atoms with Gasteiger partial charge in [0.1, 0.15) is 5.82 Å². The van der Waals surface area contributed by atoms with Crippen LogP contribution in [-0.2, 0) is 0 Å². The Morgan fingerprint density at radius 1 is 1.41 bits per heavy atom. The number of rotatable bonds is 3. The molecular weight excluding hydrogens is 250 g/mol. The maximum atomic E-state index is 3.46. The number of thioether (sulfide) groups is 1. The summed E-state index contributed by atoms with van der Waals surface area (Å²) in [5.74, 6) is 1.07. The van der Waals surface area contributed by atoms with Gasteiger partial charge in [-0.05, 0) is 22.9 Å². The molecule has 3 rings (SSSR count). The van der Waals surface area contributed by atoms with Crippen molar-refractivity contribution in [2.24, 2.45) is 0 Å². The lowest BCUT2D eigenvalue weighted by Crippen LogP contribution is -2.39. The van der Waals surface area contributed by atoms with Crippen molar-refractivity contribution in [1.29, 1.82) is 0 Å². The van der Waals surface area contributed by atoms with Gasteiger partial charge in [-0.25, -0.2) is 0 Å². The summed E-state index contributed by atoms with van der Waals surface area (Å²) >= 11 is 3.51. The van der Waals surface area contributed by atoms with Crippen molar-refractivity contribution in [2.75, 3.05) is 6.54 Å². The first kappa shape index (κ1) is 10.8. The van der Waals surface area contributed by atoms with E-state index in [1.807, 2.05) is 0 Å². The fraction of sp³-hybridized carbons (Fsp3) is 0.167. The Kier molecular flexibility index (Phi) is 3.11. The molecule has 3 nitrogen and oxygen atoms in total. The number of allylic oxidation sites excluding steroid dienone is 2. The van der Waals surface area contributed by atoms with E-state index in [9.17, 15) is 0 Å². The number of hydrogen-bond donors (Lipinski definition) is 3. The molecule has 0 bridgehead atoms. The van der Waals surface area contributed by atoms with Crippen LogP contribution in [0.5, 0.6) is 0 Å². The van der Waals surface area contributed by atoms with E-state index < -0.39 is 0 Å². The van der Waals surface area contributed by atoms with E-state index in [1.165, 1.54) is 10.6 Å². The molecule has 1 unspecified atom stereocenters. The fourth-order valence-corrected chi connectivity index (χ4v) is 3.31. The van der Waals surface area contributed by atoms with Crippen LogP contribution in [-0.4, -0.2) is 12.0 Å². The van der Waals surface area contributed by atoms with Gasteiger partial charge in [-0.15, -0.1) is 11.3 Å². The molecule has 3 heterocycles. The van der Waals surface area contributed by atoms with Crippen molar-refractivity contribution < 1.29 is 0 Å². The van der Waals surface area contributed by atoms with Gasteiger partial charge in [-0.2, -0.15) is 0 Å². The minimum Gasteiger partial charge on any atom is -0.368 e. The molecule has 1 aromatic heterocycles. The van der Waals surface area contributed by atoms with Crippen molar-refractivity contribution >= 4 is 28.8 Å². The highest BCUT2D eigenvalue weighted by Crippen LogP contribution is 2.28. The highest BCUT2D eigenvalue weighted by molar-refractivity contribution is 8.03. The third kappa shape index (κ3) is 2.50. The smallest absolute Gasteiger partial charge is 0.150 e. The molecule has 1 atom stereocenters. The van der Waals surface area contributed by atoms with Gasteiger partial charge < -0.3 is 16.0 Å². The summed E-state index contributed by atoms with van der Waals surface area (Å²) in [5.41, 5.74) is 1.41. The number of nitrogens with one attached hydrogen (secondary N) is 3. The highest BCUT2D eigenvalue weighted by atomic mass is 32.2. The standard InChI is InChI=1S/C12H13N3S2/c1-2-6-13-11(5-1)15-12-14-9(8-17-12)10-4-3-7-16-10/h1-5,7-8,12-15H,6H2. The van der Waals surface area contributed by atoms with Crippen molar-refractivity contribution in [3.8, 4) is 0 Å². The van der Waals surface area contributed by atoms with Crippen LogP contribution >= 0.6 is 23.1 Å². The maximum Gasteiger partial charge on any atom is 0.150 e. The quantitative estimate of drug-likeness (QED) is 0.782. The molecule has 0 aromatic carbocycles. The Balaban J connectivity index is 1.59. The summed E-state index contributed by atoms with van der Waals surface area (Å²) in [6.45, 7) is 0.890. The molecule has 17 heavy (non-hydrogen) atoms. The molecule has 0 amide bonds. The van der Waals surface area contributed by atoms with Gasteiger partial charge in [0, 0.05) is 6.54 Å². The summed E-state index contributed by atoms with van der Waals surface area (Å²) in [4.78, 5) is 1.28. The van der Waals surface area contributed by atoms with Gasteiger partial charge in [-0.3, -0.25) is 0 Å². The predicted molar refractivity (Wildman–Crippen MR) is 75.2 cm³/mol. The lowest BCUT2D eigenvalue weighted by molar-refractivity contribution is 0.648. The van der Waals surface area contributed by atoms with Gasteiger partial charge in [0.05, 0.1) is 10.6 Å². The third-order valence-corrected chi connectivity index (χ3v) is 4.27. The normalized spacial score (nSPS) is 22.5. The molecule has 0 saturated carbocycles. The molecular formula is C12H13N3S2. The van der Waals surface area contributed by atoms with E-state index in [1.54, 1.807) is 23.1 Å². The second kappa shape index (κ2) is 4.89. The molecule has 2 aliphatic heterocycles. The zero-order valence-corrected chi connectivity index (χ0v) is 10.8. The van der Waals surface area contributed by atoms with Gasteiger partial charge >= 0.3 is 0 Å². The van der Waals surface area contributed by atoms with Crippen LogP contribution in [0.4, 0.5) is 0 Å². The van der Waals surface area contributed by atoms with Crippen LogP contribution in [0.1, 0.15) is 4.88 Å². The average molecular weight is 263 g/mol. The number of dihydropyridines is 1. The summed E-state index contributed by atoms with van der Waals surface area (Å²) in [5, 5.41) is 14.4. The fourth-order valence-electron chi connectivity index (χ4n) is 1.68. The summed E-state index contributed by atoms with van der Waals surface area (Å²) in [7, 11) is 0. The maximum absolute atomic E-state index is 3.46. The molecule has 2 aliphatic rings. The highest BCUT2D eigenvalue weighted by Gasteiger charge is 2.18. The predicted octanol–water partition coefficient (Wildman–Crippen LogP) is 2.26. The van der Waals surface area contributed by atoms with Gasteiger partial charge in [0.2, 0.25) is 0 Å². The van der Waals surface area contributed by atoms with Crippen LogP contribution in [0.15, 0.2) is 47.0 Å². The lowest BCUT2D eigenvalue weighted by atomic mass is 10.3. The van der Waals surface area contributed by atoms with Crippen molar-refractivity contribution in [3.63, 3.8) is 0 Å². The molecule has 0 aliphatic carbocycles. The minimum absolute atomic E-state index is 0.206. The minimum atomic E-state index is 0.206. The molecule has 5 heteroatoms. The number of hydrogen-bond acceptors (Lipinski definition) is 5. The molecule has 0 radical (unpaired) electrons. The molecule has 0 spiro atoms.